The maximum absolute atomic E-state index is 12.3. The lowest BCUT2D eigenvalue weighted by molar-refractivity contribution is -0.141. The van der Waals surface area contributed by atoms with Gasteiger partial charge in [0, 0.05) is 25.6 Å². The quantitative estimate of drug-likeness (QED) is 0.683. The fourth-order valence-electron chi connectivity index (χ4n) is 2.39. The van der Waals surface area contributed by atoms with Gasteiger partial charge in [0.2, 0.25) is 5.91 Å². The molecule has 4 nitrogen and oxygen atoms in total. The van der Waals surface area contributed by atoms with E-state index in [9.17, 15) is 4.79 Å². The van der Waals surface area contributed by atoms with Gasteiger partial charge in [-0.1, -0.05) is 6.92 Å². The number of nitrogens with one attached hydrogen (secondary N) is 1. The standard InChI is InChI=1S/C13H26N2O2/c1-13(6-8-14-9-7-13)12(17)15(2)10-4-3-5-11-16/h14,16H,3-11H2,1-2H3. The van der Waals surface area contributed by atoms with Gasteiger partial charge >= 0.3 is 0 Å². The van der Waals surface area contributed by atoms with Crippen molar-refractivity contribution < 1.29 is 9.90 Å². The van der Waals surface area contributed by atoms with Crippen LogP contribution in [0.15, 0.2) is 0 Å². The highest BCUT2D eigenvalue weighted by Crippen LogP contribution is 2.30. The van der Waals surface area contributed by atoms with E-state index in [1.807, 2.05) is 11.9 Å². The molecule has 0 unspecified atom stereocenters. The van der Waals surface area contributed by atoms with Crippen LogP contribution in [-0.2, 0) is 4.79 Å². The van der Waals surface area contributed by atoms with Crippen LogP contribution in [0.5, 0.6) is 0 Å². The summed E-state index contributed by atoms with van der Waals surface area (Å²) in [5.41, 5.74) is -0.170. The molecule has 0 aromatic carbocycles. The van der Waals surface area contributed by atoms with Crippen molar-refractivity contribution in [2.24, 2.45) is 5.41 Å². The number of amides is 1. The maximum atomic E-state index is 12.3. The first kappa shape index (κ1) is 14.5. The van der Waals surface area contributed by atoms with Crippen LogP contribution in [0.4, 0.5) is 0 Å². The average Bonchev–Trinajstić information content (AvgIpc) is 2.34. The third kappa shape index (κ3) is 4.28. The third-order valence-corrected chi connectivity index (χ3v) is 3.72. The molecule has 0 spiro atoms. The van der Waals surface area contributed by atoms with E-state index < -0.39 is 0 Å². The summed E-state index contributed by atoms with van der Waals surface area (Å²) in [6.07, 6.45) is 4.69. The number of aliphatic hydroxyl groups is 1. The molecule has 2 N–H and O–H groups in total. The smallest absolute Gasteiger partial charge is 0.228 e. The molecular formula is C13H26N2O2. The number of aliphatic hydroxyl groups excluding tert-OH is 1. The van der Waals surface area contributed by atoms with Crippen LogP contribution >= 0.6 is 0 Å². The lowest BCUT2D eigenvalue weighted by Crippen LogP contribution is -2.46. The Kier molecular flexibility index (Phi) is 5.92. The Bertz CT molecular complexity index is 238. The fraction of sp³-hybridized carbons (Fsp3) is 0.923. The summed E-state index contributed by atoms with van der Waals surface area (Å²) in [7, 11) is 1.90. The number of nitrogens with zero attached hydrogens (tertiary/aromatic N) is 1. The summed E-state index contributed by atoms with van der Waals surface area (Å²) >= 11 is 0. The number of hydrogen-bond acceptors (Lipinski definition) is 3. The van der Waals surface area contributed by atoms with Gasteiger partial charge in [-0.25, -0.2) is 0 Å². The SMILES string of the molecule is CN(CCCCCO)C(=O)C1(C)CCNCC1. The Morgan fingerprint density at radius 2 is 1.94 bits per heavy atom. The van der Waals surface area contributed by atoms with Gasteiger partial charge in [0.1, 0.15) is 0 Å². The van der Waals surface area contributed by atoms with Crippen molar-refractivity contribution in [3.05, 3.63) is 0 Å². The van der Waals surface area contributed by atoms with Gasteiger partial charge in [-0.2, -0.15) is 0 Å². The molecule has 1 amide bonds. The summed E-state index contributed by atoms with van der Waals surface area (Å²) in [5.74, 6) is 0.281. The first-order valence-corrected chi connectivity index (χ1v) is 6.67. The van der Waals surface area contributed by atoms with E-state index in [0.29, 0.717) is 0 Å². The zero-order chi connectivity index (χ0) is 12.7. The molecule has 0 atom stereocenters. The van der Waals surface area contributed by atoms with Gasteiger partial charge in [-0.05, 0) is 45.2 Å². The number of unbranched alkanes of at least 4 members (excludes halogenated alkanes) is 2. The molecule has 1 heterocycles. The summed E-state index contributed by atoms with van der Waals surface area (Å²) in [4.78, 5) is 14.2. The zero-order valence-electron chi connectivity index (χ0n) is 11.2. The van der Waals surface area contributed by atoms with Crippen molar-refractivity contribution >= 4 is 5.91 Å². The number of piperidine rings is 1. The predicted molar refractivity (Wildman–Crippen MR) is 68.8 cm³/mol. The first-order chi connectivity index (χ1) is 8.10. The van der Waals surface area contributed by atoms with Crippen molar-refractivity contribution in [1.82, 2.24) is 10.2 Å². The van der Waals surface area contributed by atoms with Crippen LogP contribution in [0.1, 0.15) is 39.0 Å². The van der Waals surface area contributed by atoms with Crippen molar-refractivity contribution in [2.75, 3.05) is 33.3 Å². The van der Waals surface area contributed by atoms with Gasteiger partial charge in [-0.15, -0.1) is 0 Å². The molecule has 1 fully saturated rings. The van der Waals surface area contributed by atoms with Gasteiger partial charge in [-0.3, -0.25) is 4.79 Å². The van der Waals surface area contributed by atoms with Crippen LogP contribution in [0.25, 0.3) is 0 Å². The largest absolute Gasteiger partial charge is 0.396 e. The summed E-state index contributed by atoms with van der Waals surface area (Å²) in [5, 5.41) is 12.0. The number of carbonyl (C=O) groups is 1. The van der Waals surface area contributed by atoms with Crippen molar-refractivity contribution in [2.45, 2.75) is 39.0 Å². The fourth-order valence-corrected chi connectivity index (χ4v) is 2.39. The monoisotopic (exact) mass is 242 g/mol. The van der Waals surface area contributed by atoms with Gasteiger partial charge in [0.05, 0.1) is 0 Å². The molecule has 1 aliphatic rings. The van der Waals surface area contributed by atoms with Crippen LogP contribution in [-0.4, -0.2) is 49.2 Å². The van der Waals surface area contributed by atoms with E-state index in [1.54, 1.807) is 0 Å². The Morgan fingerprint density at radius 1 is 1.29 bits per heavy atom. The predicted octanol–water partition coefficient (Wildman–Crippen LogP) is 0.997. The van der Waals surface area contributed by atoms with Crippen LogP contribution in [0.3, 0.4) is 0 Å². The molecule has 1 aliphatic heterocycles. The molecule has 1 saturated heterocycles. The average molecular weight is 242 g/mol. The third-order valence-electron chi connectivity index (χ3n) is 3.72. The summed E-state index contributed by atoms with van der Waals surface area (Å²) in [6.45, 7) is 5.03. The molecule has 0 aromatic heterocycles. The Labute approximate surface area is 104 Å². The van der Waals surface area contributed by atoms with Crippen LogP contribution < -0.4 is 5.32 Å². The Balaban J connectivity index is 2.34. The van der Waals surface area contributed by atoms with E-state index in [0.717, 1.165) is 51.7 Å². The highest BCUT2D eigenvalue weighted by Gasteiger charge is 2.36. The molecule has 17 heavy (non-hydrogen) atoms. The van der Waals surface area contributed by atoms with Gasteiger partial charge < -0.3 is 15.3 Å². The summed E-state index contributed by atoms with van der Waals surface area (Å²) < 4.78 is 0. The molecule has 0 bridgehead atoms. The van der Waals surface area contributed by atoms with Gasteiger partial charge in [0.25, 0.3) is 0 Å². The van der Waals surface area contributed by atoms with E-state index in [2.05, 4.69) is 12.2 Å². The molecule has 0 aromatic rings. The zero-order valence-corrected chi connectivity index (χ0v) is 11.2. The molecule has 0 saturated carbocycles. The minimum absolute atomic E-state index is 0.170. The second-order valence-electron chi connectivity index (χ2n) is 5.32. The highest BCUT2D eigenvalue weighted by molar-refractivity contribution is 5.82. The Hall–Kier alpha value is -0.610. The minimum atomic E-state index is -0.170. The minimum Gasteiger partial charge on any atom is -0.396 e. The normalized spacial score (nSPS) is 19.0. The number of carbonyl (C=O) groups excluding carboxylic acids is 1. The first-order valence-electron chi connectivity index (χ1n) is 6.67. The Morgan fingerprint density at radius 3 is 2.53 bits per heavy atom. The number of rotatable bonds is 6. The van der Waals surface area contributed by atoms with Crippen molar-refractivity contribution in [1.29, 1.82) is 0 Å². The lowest BCUT2D eigenvalue weighted by atomic mass is 9.79. The molecule has 4 heteroatoms. The molecule has 1 rings (SSSR count). The molecule has 0 radical (unpaired) electrons. The van der Waals surface area contributed by atoms with E-state index in [1.165, 1.54) is 0 Å². The summed E-state index contributed by atoms with van der Waals surface area (Å²) in [6, 6.07) is 0. The molecular weight excluding hydrogens is 216 g/mol. The molecule has 0 aliphatic carbocycles. The van der Waals surface area contributed by atoms with Crippen molar-refractivity contribution in [3.8, 4) is 0 Å². The maximum Gasteiger partial charge on any atom is 0.228 e. The van der Waals surface area contributed by atoms with Crippen molar-refractivity contribution in [3.63, 3.8) is 0 Å². The van der Waals surface area contributed by atoms with Crippen LogP contribution in [0, 0.1) is 5.41 Å². The second-order valence-corrected chi connectivity index (χ2v) is 5.32. The van der Waals surface area contributed by atoms with Crippen LogP contribution in [0.2, 0.25) is 0 Å². The second kappa shape index (κ2) is 6.97. The molecule has 100 valence electrons. The topological polar surface area (TPSA) is 52.6 Å². The van der Waals surface area contributed by atoms with Gasteiger partial charge in [0.15, 0.2) is 0 Å². The van der Waals surface area contributed by atoms with E-state index in [-0.39, 0.29) is 17.9 Å². The lowest BCUT2D eigenvalue weighted by Gasteiger charge is -2.36. The highest BCUT2D eigenvalue weighted by atomic mass is 16.2. The van der Waals surface area contributed by atoms with E-state index in [4.69, 9.17) is 5.11 Å². The number of hydrogen-bond donors (Lipinski definition) is 2. The van der Waals surface area contributed by atoms with E-state index >= 15 is 0 Å².